The summed E-state index contributed by atoms with van der Waals surface area (Å²) in [6.07, 6.45) is 4.51. The standard InChI is InChI=1S/C20H18O2/c21-8-2-1-3-13-9-14-4-6-16-11-18(22)12-17-7-5-15(10-13)19(14)20(16)17/h9-12,21-22H,2,4-8H2. The van der Waals surface area contributed by atoms with E-state index in [1.807, 2.05) is 12.1 Å². The predicted molar refractivity (Wildman–Crippen MR) is 86.9 cm³/mol. The van der Waals surface area contributed by atoms with Gasteiger partial charge in [0, 0.05) is 12.0 Å². The number of benzene rings is 2. The number of phenolic OH excluding ortho intramolecular Hbond substituents is 1. The lowest BCUT2D eigenvalue weighted by Gasteiger charge is -2.29. The van der Waals surface area contributed by atoms with E-state index < -0.39 is 0 Å². The molecule has 0 unspecified atom stereocenters. The smallest absolute Gasteiger partial charge is 0.116 e. The summed E-state index contributed by atoms with van der Waals surface area (Å²) in [5.74, 6) is 6.59. The van der Waals surface area contributed by atoms with E-state index in [-0.39, 0.29) is 6.61 Å². The minimum absolute atomic E-state index is 0.116. The third kappa shape index (κ3) is 2.10. The fourth-order valence-electron chi connectivity index (χ4n) is 3.78. The van der Waals surface area contributed by atoms with Crippen molar-refractivity contribution in [3.05, 3.63) is 52.1 Å². The molecule has 2 nitrogen and oxygen atoms in total. The van der Waals surface area contributed by atoms with Crippen molar-refractivity contribution in [2.75, 3.05) is 6.61 Å². The van der Waals surface area contributed by atoms with E-state index in [9.17, 15) is 5.11 Å². The molecule has 0 radical (unpaired) electrons. The summed E-state index contributed by atoms with van der Waals surface area (Å²) < 4.78 is 0. The molecule has 0 saturated carbocycles. The van der Waals surface area contributed by atoms with Crippen LogP contribution in [-0.2, 0) is 25.7 Å². The van der Waals surface area contributed by atoms with E-state index in [2.05, 4.69) is 24.0 Å². The summed E-state index contributed by atoms with van der Waals surface area (Å²) in [6.45, 7) is 0.116. The molecule has 110 valence electrons. The van der Waals surface area contributed by atoms with Crippen LogP contribution in [0.2, 0.25) is 0 Å². The molecule has 0 fully saturated rings. The summed E-state index contributed by atoms with van der Waals surface area (Å²) in [4.78, 5) is 0. The average molecular weight is 290 g/mol. The summed E-state index contributed by atoms with van der Waals surface area (Å²) in [6, 6.07) is 8.25. The van der Waals surface area contributed by atoms with Gasteiger partial charge in [-0.1, -0.05) is 11.8 Å². The molecule has 2 N–H and O–H groups in total. The Hall–Kier alpha value is -2.24. The Balaban J connectivity index is 1.88. The minimum atomic E-state index is 0.116. The normalized spacial score (nSPS) is 14.0. The highest BCUT2D eigenvalue weighted by atomic mass is 16.3. The maximum Gasteiger partial charge on any atom is 0.116 e. The quantitative estimate of drug-likeness (QED) is 0.793. The monoisotopic (exact) mass is 290 g/mol. The van der Waals surface area contributed by atoms with Crippen LogP contribution in [0, 0.1) is 11.8 Å². The summed E-state index contributed by atoms with van der Waals surface area (Å²) >= 11 is 0. The van der Waals surface area contributed by atoms with Crippen molar-refractivity contribution in [2.45, 2.75) is 32.1 Å². The lowest BCUT2D eigenvalue weighted by molar-refractivity contribution is 0.305. The number of aliphatic hydroxyl groups is 1. The number of hydrogen-bond acceptors (Lipinski definition) is 2. The van der Waals surface area contributed by atoms with Crippen LogP contribution in [0.15, 0.2) is 24.3 Å². The number of aryl methyl sites for hydroxylation is 4. The molecule has 4 rings (SSSR count). The van der Waals surface area contributed by atoms with Crippen molar-refractivity contribution in [1.29, 1.82) is 0 Å². The van der Waals surface area contributed by atoms with Crippen LogP contribution >= 0.6 is 0 Å². The molecule has 0 saturated heterocycles. The highest BCUT2D eigenvalue weighted by Crippen LogP contribution is 2.44. The largest absolute Gasteiger partial charge is 0.508 e. The van der Waals surface area contributed by atoms with Crippen molar-refractivity contribution >= 4 is 0 Å². The molecule has 2 aromatic carbocycles. The van der Waals surface area contributed by atoms with E-state index in [4.69, 9.17) is 5.11 Å². The maximum absolute atomic E-state index is 9.89. The Labute approximate surface area is 130 Å². The van der Waals surface area contributed by atoms with E-state index in [0.717, 1.165) is 31.2 Å². The van der Waals surface area contributed by atoms with Crippen LogP contribution in [0.25, 0.3) is 11.1 Å². The van der Waals surface area contributed by atoms with Gasteiger partial charge >= 0.3 is 0 Å². The number of aromatic hydroxyl groups is 1. The van der Waals surface area contributed by atoms with Gasteiger partial charge in [-0.3, -0.25) is 0 Å². The molecule has 2 aliphatic rings. The molecule has 2 aliphatic carbocycles. The van der Waals surface area contributed by atoms with Gasteiger partial charge in [0.1, 0.15) is 5.75 Å². The first kappa shape index (κ1) is 13.4. The Morgan fingerprint density at radius 1 is 0.818 bits per heavy atom. The van der Waals surface area contributed by atoms with E-state index in [1.54, 1.807) is 0 Å². The fraction of sp³-hybridized carbons (Fsp3) is 0.300. The topological polar surface area (TPSA) is 40.5 Å². The second-order valence-electron chi connectivity index (χ2n) is 6.08. The van der Waals surface area contributed by atoms with Crippen LogP contribution < -0.4 is 0 Å². The molecule has 0 atom stereocenters. The fourth-order valence-corrected chi connectivity index (χ4v) is 3.78. The number of hydrogen-bond donors (Lipinski definition) is 2. The average Bonchev–Trinajstić information content (AvgIpc) is 2.52. The van der Waals surface area contributed by atoms with Crippen LogP contribution in [0.4, 0.5) is 0 Å². The zero-order valence-corrected chi connectivity index (χ0v) is 12.4. The Bertz CT molecular complexity index is 771. The molecule has 0 amide bonds. The third-order valence-electron chi connectivity index (χ3n) is 4.64. The van der Waals surface area contributed by atoms with Crippen molar-refractivity contribution in [2.24, 2.45) is 0 Å². The van der Waals surface area contributed by atoms with Gasteiger partial charge in [0.2, 0.25) is 0 Å². The Morgan fingerprint density at radius 3 is 1.82 bits per heavy atom. The third-order valence-corrected chi connectivity index (χ3v) is 4.64. The molecule has 0 heterocycles. The van der Waals surface area contributed by atoms with E-state index in [0.29, 0.717) is 12.2 Å². The lowest BCUT2D eigenvalue weighted by atomic mass is 9.75. The summed E-state index contributed by atoms with van der Waals surface area (Å²) in [5, 5.41) is 18.7. The first-order valence-corrected chi connectivity index (χ1v) is 7.87. The van der Waals surface area contributed by atoms with Crippen molar-refractivity contribution < 1.29 is 10.2 Å². The second-order valence-corrected chi connectivity index (χ2v) is 6.08. The molecule has 2 heteroatoms. The molecule has 0 bridgehead atoms. The molecule has 22 heavy (non-hydrogen) atoms. The molecule has 0 aliphatic heterocycles. The van der Waals surface area contributed by atoms with Gasteiger partial charge < -0.3 is 10.2 Å². The Kier molecular flexibility index (Phi) is 3.17. The van der Waals surface area contributed by atoms with Gasteiger partial charge in [0.25, 0.3) is 0 Å². The predicted octanol–water partition coefficient (Wildman–Crippen LogP) is 2.99. The highest BCUT2D eigenvalue weighted by molar-refractivity contribution is 5.82. The zero-order valence-electron chi connectivity index (χ0n) is 12.4. The minimum Gasteiger partial charge on any atom is -0.508 e. The first-order valence-electron chi connectivity index (χ1n) is 7.87. The van der Waals surface area contributed by atoms with Crippen LogP contribution in [-0.4, -0.2) is 16.8 Å². The van der Waals surface area contributed by atoms with Gasteiger partial charge in [-0.15, -0.1) is 0 Å². The van der Waals surface area contributed by atoms with Crippen LogP contribution in [0.5, 0.6) is 5.75 Å². The molecule has 0 aromatic heterocycles. The SMILES string of the molecule is OCCC#Cc1cc2c3c(c1)CCc1cc(O)cc(c1-3)CC2. The molecular formula is C20H18O2. The van der Waals surface area contributed by atoms with Gasteiger partial charge in [0.15, 0.2) is 0 Å². The van der Waals surface area contributed by atoms with Gasteiger partial charge in [-0.2, -0.15) is 0 Å². The summed E-state index contributed by atoms with van der Waals surface area (Å²) in [7, 11) is 0. The molecule has 0 spiro atoms. The second kappa shape index (κ2) is 5.19. The maximum atomic E-state index is 9.89. The lowest BCUT2D eigenvalue weighted by Crippen LogP contribution is -2.14. The molecule has 2 aromatic rings. The molecular weight excluding hydrogens is 272 g/mol. The first-order chi connectivity index (χ1) is 10.8. The number of rotatable bonds is 1. The van der Waals surface area contributed by atoms with Crippen LogP contribution in [0.1, 0.15) is 34.2 Å². The highest BCUT2D eigenvalue weighted by Gasteiger charge is 2.26. The van der Waals surface area contributed by atoms with Gasteiger partial charge in [0.05, 0.1) is 6.61 Å². The summed E-state index contributed by atoms with van der Waals surface area (Å²) in [5.41, 5.74) is 9.12. The van der Waals surface area contributed by atoms with Gasteiger partial charge in [-0.05, 0) is 83.3 Å². The van der Waals surface area contributed by atoms with Crippen LogP contribution in [0.3, 0.4) is 0 Å². The Morgan fingerprint density at radius 2 is 1.32 bits per heavy atom. The zero-order chi connectivity index (χ0) is 15.1. The van der Waals surface area contributed by atoms with Gasteiger partial charge in [-0.25, -0.2) is 0 Å². The van der Waals surface area contributed by atoms with Crippen molar-refractivity contribution in [3.63, 3.8) is 0 Å². The number of phenols is 1. The van der Waals surface area contributed by atoms with E-state index in [1.165, 1.54) is 33.4 Å². The van der Waals surface area contributed by atoms with Crippen molar-refractivity contribution in [3.8, 4) is 28.7 Å². The van der Waals surface area contributed by atoms with E-state index >= 15 is 0 Å². The number of aliphatic hydroxyl groups excluding tert-OH is 1. The van der Waals surface area contributed by atoms with Crippen molar-refractivity contribution in [1.82, 2.24) is 0 Å².